The quantitative estimate of drug-likeness (QED) is 0.742. The summed E-state index contributed by atoms with van der Waals surface area (Å²) in [6, 6.07) is 0.605. The molecular formula is C12H23N3O. The molecule has 1 N–H and O–H groups in total. The molecule has 4 heteroatoms. The van der Waals surface area contributed by atoms with Gasteiger partial charge in [0.15, 0.2) is 0 Å². The molecule has 2 aliphatic rings. The van der Waals surface area contributed by atoms with Crippen molar-refractivity contribution in [2.75, 3.05) is 39.3 Å². The van der Waals surface area contributed by atoms with Crippen LogP contribution >= 0.6 is 0 Å². The molecule has 16 heavy (non-hydrogen) atoms. The molecule has 4 nitrogen and oxygen atoms in total. The molecule has 0 aromatic rings. The van der Waals surface area contributed by atoms with Gasteiger partial charge < -0.3 is 10.2 Å². The number of hydrogen-bond acceptors (Lipinski definition) is 3. The Bertz CT molecular complexity index is 243. The zero-order valence-corrected chi connectivity index (χ0v) is 10.4. The summed E-state index contributed by atoms with van der Waals surface area (Å²) in [6.45, 7) is 10.4. The van der Waals surface area contributed by atoms with E-state index in [1.54, 1.807) is 0 Å². The third-order valence-corrected chi connectivity index (χ3v) is 3.73. The molecule has 0 aliphatic carbocycles. The Morgan fingerprint density at radius 3 is 2.31 bits per heavy atom. The second kappa shape index (κ2) is 5.15. The number of nitrogens with zero attached hydrogens (tertiary/aromatic N) is 2. The van der Waals surface area contributed by atoms with E-state index >= 15 is 0 Å². The zero-order valence-electron chi connectivity index (χ0n) is 10.4. The fraction of sp³-hybridized carbons (Fsp3) is 0.917. The highest BCUT2D eigenvalue weighted by Gasteiger charge is 2.26. The molecule has 2 saturated heterocycles. The van der Waals surface area contributed by atoms with E-state index in [-0.39, 0.29) is 0 Å². The first-order valence-corrected chi connectivity index (χ1v) is 6.39. The summed E-state index contributed by atoms with van der Waals surface area (Å²) < 4.78 is 0. The Balaban J connectivity index is 1.72. The van der Waals surface area contributed by atoms with E-state index in [9.17, 15) is 4.79 Å². The molecule has 2 aliphatic heterocycles. The van der Waals surface area contributed by atoms with Gasteiger partial charge in [-0.05, 0) is 32.9 Å². The molecule has 0 aromatic heterocycles. The van der Waals surface area contributed by atoms with Gasteiger partial charge in [0.25, 0.3) is 0 Å². The first kappa shape index (κ1) is 11.9. The van der Waals surface area contributed by atoms with Gasteiger partial charge >= 0.3 is 0 Å². The smallest absolute Gasteiger partial charge is 0.223 e. The molecule has 0 aromatic carbocycles. The third kappa shape index (κ3) is 2.74. The van der Waals surface area contributed by atoms with Crippen LogP contribution in [-0.2, 0) is 4.79 Å². The van der Waals surface area contributed by atoms with Crippen molar-refractivity contribution in [1.29, 1.82) is 0 Å². The van der Waals surface area contributed by atoms with E-state index < -0.39 is 0 Å². The van der Waals surface area contributed by atoms with Crippen molar-refractivity contribution in [2.45, 2.75) is 26.3 Å². The summed E-state index contributed by atoms with van der Waals surface area (Å²) in [6.07, 6.45) is 0.745. The molecule has 0 radical (unpaired) electrons. The Labute approximate surface area is 98.0 Å². The van der Waals surface area contributed by atoms with Crippen molar-refractivity contribution < 1.29 is 4.79 Å². The van der Waals surface area contributed by atoms with E-state index in [4.69, 9.17) is 0 Å². The molecule has 0 spiro atoms. The molecule has 2 fully saturated rings. The van der Waals surface area contributed by atoms with Crippen molar-refractivity contribution in [1.82, 2.24) is 15.1 Å². The van der Waals surface area contributed by atoms with Crippen molar-refractivity contribution in [3.8, 4) is 0 Å². The lowest BCUT2D eigenvalue weighted by Crippen LogP contribution is -2.52. The predicted molar refractivity (Wildman–Crippen MR) is 64.3 cm³/mol. The maximum atomic E-state index is 12.0. The molecular weight excluding hydrogens is 202 g/mol. The largest absolute Gasteiger partial charge is 0.340 e. The molecule has 2 rings (SSSR count). The summed E-state index contributed by atoms with van der Waals surface area (Å²) in [4.78, 5) is 16.4. The number of nitrogens with one attached hydrogen (secondary N) is 1. The molecule has 0 unspecified atom stereocenters. The number of rotatable bonds is 3. The molecule has 0 atom stereocenters. The van der Waals surface area contributed by atoms with Gasteiger partial charge in [-0.1, -0.05) is 0 Å². The standard InChI is InChI=1S/C12H23N3O/c1-10(2)14-3-5-15(6-4-14)12(16)7-11-8-13-9-11/h10-11,13H,3-9H2,1-2H3. The van der Waals surface area contributed by atoms with E-state index in [0.717, 1.165) is 45.7 Å². The van der Waals surface area contributed by atoms with Gasteiger partial charge in [0, 0.05) is 38.6 Å². The van der Waals surface area contributed by atoms with Gasteiger partial charge in [-0.2, -0.15) is 0 Å². The number of piperazine rings is 1. The van der Waals surface area contributed by atoms with Gasteiger partial charge in [-0.3, -0.25) is 9.69 Å². The van der Waals surface area contributed by atoms with Crippen LogP contribution in [0.2, 0.25) is 0 Å². The summed E-state index contributed by atoms with van der Waals surface area (Å²) in [5, 5.41) is 3.21. The number of carbonyl (C=O) groups excluding carboxylic acids is 1. The van der Waals surface area contributed by atoms with Gasteiger partial charge in [0.05, 0.1) is 0 Å². The number of hydrogen-bond donors (Lipinski definition) is 1. The summed E-state index contributed by atoms with van der Waals surface area (Å²) in [5.74, 6) is 0.950. The second-order valence-corrected chi connectivity index (χ2v) is 5.24. The van der Waals surface area contributed by atoms with Crippen LogP contribution in [0.1, 0.15) is 20.3 Å². The predicted octanol–water partition coefficient (Wildman–Crippen LogP) is 0.149. The van der Waals surface area contributed by atoms with Gasteiger partial charge in [-0.15, -0.1) is 0 Å². The topological polar surface area (TPSA) is 35.6 Å². The Morgan fingerprint density at radius 1 is 1.25 bits per heavy atom. The maximum absolute atomic E-state index is 12.0. The maximum Gasteiger partial charge on any atom is 0.223 e. The first-order chi connectivity index (χ1) is 7.66. The van der Waals surface area contributed by atoms with E-state index in [1.165, 1.54) is 0 Å². The Morgan fingerprint density at radius 2 is 1.88 bits per heavy atom. The average Bonchev–Trinajstić information content (AvgIpc) is 2.23. The number of carbonyl (C=O) groups is 1. The highest BCUT2D eigenvalue weighted by atomic mass is 16.2. The minimum Gasteiger partial charge on any atom is -0.340 e. The lowest BCUT2D eigenvalue weighted by atomic mass is 9.98. The van der Waals surface area contributed by atoms with Crippen molar-refractivity contribution in [3.63, 3.8) is 0 Å². The van der Waals surface area contributed by atoms with Crippen LogP contribution in [0.15, 0.2) is 0 Å². The number of amides is 1. The second-order valence-electron chi connectivity index (χ2n) is 5.24. The minimum absolute atomic E-state index is 0.356. The molecule has 1 amide bonds. The lowest BCUT2D eigenvalue weighted by molar-refractivity contribution is -0.134. The normalized spacial score (nSPS) is 23.6. The van der Waals surface area contributed by atoms with Crippen LogP contribution < -0.4 is 5.32 Å². The van der Waals surface area contributed by atoms with Crippen molar-refractivity contribution in [3.05, 3.63) is 0 Å². The summed E-state index contributed by atoms with van der Waals surface area (Å²) >= 11 is 0. The highest BCUT2D eigenvalue weighted by molar-refractivity contribution is 5.76. The van der Waals surface area contributed by atoms with Gasteiger partial charge in [-0.25, -0.2) is 0 Å². The monoisotopic (exact) mass is 225 g/mol. The fourth-order valence-corrected chi connectivity index (χ4v) is 2.36. The first-order valence-electron chi connectivity index (χ1n) is 6.39. The van der Waals surface area contributed by atoms with Crippen LogP contribution in [0.4, 0.5) is 0 Å². The highest BCUT2D eigenvalue weighted by Crippen LogP contribution is 2.13. The van der Waals surface area contributed by atoms with Gasteiger partial charge in [0.2, 0.25) is 5.91 Å². The Kier molecular flexibility index (Phi) is 3.82. The third-order valence-electron chi connectivity index (χ3n) is 3.73. The van der Waals surface area contributed by atoms with Crippen LogP contribution in [0.5, 0.6) is 0 Å². The average molecular weight is 225 g/mol. The Hall–Kier alpha value is -0.610. The van der Waals surface area contributed by atoms with E-state index in [0.29, 0.717) is 17.9 Å². The van der Waals surface area contributed by atoms with Gasteiger partial charge in [0.1, 0.15) is 0 Å². The van der Waals surface area contributed by atoms with Crippen LogP contribution in [0.3, 0.4) is 0 Å². The summed E-state index contributed by atoms with van der Waals surface area (Å²) in [5.41, 5.74) is 0. The fourth-order valence-electron chi connectivity index (χ4n) is 2.36. The molecule has 92 valence electrons. The molecule has 0 saturated carbocycles. The molecule has 2 heterocycles. The van der Waals surface area contributed by atoms with Crippen LogP contribution in [0, 0.1) is 5.92 Å². The van der Waals surface area contributed by atoms with Crippen molar-refractivity contribution in [2.24, 2.45) is 5.92 Å². The van der Waals surface area contributed by atoms with Crippen molar-refractivity contribution >= 4 is 5.91 Å². The summed E-state index contributed by atoms with van der Waals surface area (Å²) in [7, 11) is 0. The van der Waals surface area contributed by atoms with E-state index in [1.807, 2.05) is 4.90 Å². The zero-order chi connectivity index (χ0) is 11.5. The molecule has 0 bridgehead atoms. The lowest BCUT2D eigenvalue weighted by Gasteiger charge is -2.38. The van der Waals surface area contributed by atoms with Crippen LogP contribution in [0.25, 0.3) is 0 Å². The van der Waals surface area contributed by atoms with E-state index in [2.05, 4.69) is 24.1 Å². The van der Waals surface area contributed by atoms with Crippen LogP contribution in [-0.4, -0.2) is 61.0 Å². The SMILES string of the molecule is CC(C)N1CCN(C(=O)CC2CNC2)CC1. The minimum atomic E-state index is 0.356.